The molecule has 0 saturated heterocycles. The molecular weight excluding hydrogens is 188 g/mol. The lowest BCUT2D eigenvalue weighted by molar-refractivity contribution is -0.136. The second-order valence-corrected chi connectivity index (χ2v) is 3.69. The first kappa shape index (κ1) is 11.5. The van der Waals surface area contributed by atoms with Gasteiger partial charge in [0.2, 0.25) is 0 Å². The number of aliphatic carboxylic acids is 1. The van der Waals surface area contributed by atoms with Gasteiger partial charge in [-0.15, -0.1) is 0 Å². The molecule has 0 saturated carbocycles. The van der Waals surface area contributed by atoms with Crippen LogP contribution in [-0.4, -0.2) is 11.1 Å². The van der Waals surface area contributed by atoms with E-state index in [1.807, 2.05) is 19.1 Å². The van der Waals surface area contributed by atoms with Gasteiger partial charge in [0, 0.05) is 6.42 Å². The lowest BCUT2D eigenvalue weighted by atomic mass is 10.0. The third-order valence-electron chi connectivity index (χ3n) is 2.26. The van der Waals surface area contributed by atoms with E-state index < -0.39 is 5.97 Å². The van der Waals surface area contributed by atoms with E-state index in [0.717, 1.165) is 0 Å². The van der Waals surface area contributed by atoms with Gasteiger partial charge in [-0.2, -0.15) is 0 Å². The van der Waals surface area contributed by atoms with Crippen LogP contribution < -0.4 is 0 Å². The van der Waals surface area contributed by atoms with E-state index in [9.17, 15) is 4.79 Å². The van der Waals surface area contributed by atoms with E-state index in [0.29, 0.717) is 6.42 Å². The van der Waals surface area contributed by atoms with Crippen molar-refractivity contribution in [3.8, 4) is 0 Å². The van der Waals surface area contributed by atoms with Crippen molar-refractivity contribution in [2.45, 2.75) is 26.7 Å². The van der Waals surface area contributed by atoms with Gasteiger partial charge >= 0.3 is 5.97 Å². The molecular formula is C13H16O2. The SMILES string of the molecule is Cc1ccc(C)c(/C=C/CCC(=O)O)c1. The number of hydrogen-bond donors (Lipinski definition) is 1. The molecule has 1 N–H and O–H groups in total. The monoisotopic (exact) mass is 204 g/mol. The molecule has 1 aromatic rings. The first-order valence-electron chi connectivity index (χ1n) is 5.05. The van der Waals surface area contributed by atoms with E-state index in [1.54, 1.807) is 0 Å². The van der Waals surface area contributed by atoms with Crippen LogP contribution in [0.25, 0.3) is 6.08 Å². The van der Waals surface area contributed by atoms with Crippen LogP contribution in [0.5, 0.6) is 0 Å². The molecule has 0 aromatic heterocycles. The van der Waals surface area contributed by atoms with Crippen molar-refractivity contribution >= 4 is 12.0 Å². The number of rotatable bonds is 4. The second-order valence-electron chi connectivity index (χ2n) is 3.69. The molecule has 0 bridgehead atoms. The van der Waals surface area contributed by atoms with Gasteiger partial charge in [-0.05, 0) is 31.4 Å². The van der Waals surface area contributed by atoms with Crippen molar-refractivity contribution in [1.29, 1.82) is 0 Å². The Morgan fingerprint density at radius 2 is 2.13 bits per heavy atom. The fourth-order valence-corrected chi connectivity index (χ4v) is 1.36. The van der Waals surface area contributed by atoms with Crippen LogP contribution in [0.15, 0.2) is 24.3 Å². The number of hydrogen-bond acceptors (Lipinski definition) is 1. The van der Waals surface area contributed by atoms with Crippen molar-refractivity contribution in [1.82, 2.24) is 0 Å². The molecule has 0 radical (unpaired) electrons. The number of aryl methyl sites for hydroxylation is 2. The molecule has 0 spiro atoms. The molecule has 1 aromatic carbocycles. The summed E-state index contributed by atoms with van der Waals surface area (Å²) in [5.74, 6) is -0.749. The molecule has 2 nitrogen and oxygen atoms in total. The molecule has 0 aliphatic carbocycles. The Morgan fingerprint density at radius 1 is 1.40 bits per heavy atom. The van der Waals surface area contributed by atoms with Crippen molar-refractivity contribution in [2.75, 3.05) is 0 Å². The standard InChI is InChI=1S/C13H16O2/c1-10-7-8-11(2)12(9-10)5-3-4-6-13(14)15/h3,5,7-9H,4,6H2,1-2H3,(H,14,15)/b5-3+. The summed E-state index contributed by atoms with van der Waals surface area (Å²) in [6, 6.07) is 6.25. The summed E-state index contributed by atoms with van der Waals surface area (Å²) in [5, 5.41) is 8.48. The average Bonchev–Trinajstić information content (AvgIpc) is 2.17. The Kier molecular flexibility index (Phi) is 4.10. The zero-order valence-electron chi connectivity index (χ0n) is 9.16. The number of carboxylic acid groups (broad SMARTS) is 1. The first-order valence-corrected chi connectivity index (χ1v) is 5.05. The van der Waals surface area contributed by atoms with E-state index in [4.69, 9.17) is 5.11 Å². The lowest BCUT2D eigenvalue weighted by Gasteiger charge is -2.01. The van der Waals surface area contributed by atoms with Crippen LogP contribution >= 0.6 is 0 Å². The summed E-state index contributed by atoms with van der Waals surface area (Å²) in [6.45, 7) is 4.10. The van der Waals surface area contributed by atoms with Crippen molar-refractivity contribution in [3.63, 3.8) is 0 Å². The van der Waals surface area contributed by atoms with Crippen molar-refractivity contribution in [3.05, 3.63) is 41.0 Å². The minimum Gasteiger partial charge on any atom is -0.481 e. The highest BCUT2D eigenvalue weighted by molar-refractivity contribution is 5.67. The van der Waals surface area contributed by atoms with Gasteiger partial charge in [-0.1, -0.05) is 35.9 Å². The molecule has 0 aliphatic rings. The van der Waals surface area contributed by atoms with E-state index >= 15 is 0 Å². The Bertz CT molecular complexity index is 378. The van der Waals surface area contributed by atoms with Crippen LogP contribution in [0.2, 0.25) is 0 Å². The lowest BCUT2D eigenvalue weighted by Crippen LogP contribution is -1.91. The zero-order valence-corrected chi connectivity index (χ0v) is 9.16. The van der Waals surface area contributed by atoms with E-state index in [2.05, 4.69) is 25.1 Å². The third kappa shape index (κ3) is 3.98. The van der Waals surface area contributed by atoms with Gasteiger partial charge in [0.25, 0.3) is 0 Å². The van der Waals surface area contributed by atoms with Gasteiger partial charge in [0.05, 0.1) is 0 Å². The Balaban J connectivity index is 2.63. The zero-order chi connectivity index (χ0) is 11.3. The number of allylic oxidation sites excluding steroid dienone is 1. The molecule has 0 aliphatic heterocycles. The van der Waals surface area contributed by atoms with Gasteiger partial charge in [-0.3, -0.25) is 4.79 Å². The Labute approximate surface area is 90.3 Å². The molecule has 80 valence electrons. The minimum atomic E-state index is -0.749. The summed E-state index contributed by atoms with van der Waals surface area (Å²) in [5.41, 5.74) is 3.60. The molecule has 0 atom stereocenters. The van der Waals surface area contributed by atoms with Crippen LogP contribution in [0.3, 0.4) is 0 Å². The fourth-order valence-electron chi connectivity index (χ4n) is 1.36. The summed E-state index contributed by atoms with van der Waals surface area (Å²) in [6.07, 6.45) is 4.69. The summed E-state index contributed by atoms with van der Waals surface area (Å²) < 4.78 is 0. The first-order chi connectivity index (χ1) is 7.09. The predicted molar refractivity (Wildman–Crippen MR) is 61.8 cm³/mol. The molecule has 15 heavy (non-hydrogen) atoms. The van der Waals surface area contributed by atoms with Crippen LogP contribution in [0.1, 0.15) is 29.5 Å². The quantitative estimate of drug-likeness (QED) is 0.817. The largest absolute Gasteiger partial charge is 0.481 e. The molecule has 1 rings (SSSR count). The highest BCUT2D eigenvalue weighted by Crippen LogP contribution is 2.12. The topological polar surface area (TPSA) is 37.3 Å². The second kappa shape index (κ2) is 5.35. The summed E-state index contributed by atoms with van der Waals surface area (Å²) in [7, 11) is 0. The molecule has 2 heteroatoms. The Morgan fingerprint density at radius 3 is 2.80 bits per heavy atom. The van der Waals surface area contributed by atoms with Gasteiger partial charge < -0.3 is 5.11 Å². The van der Waals surface area contributed by atoms with Gasteiger partial charge in [-0.25, -0.2) is 0 Å². The predicted octanol–water partition coefficient (Wildman–Crippen LogP) is 3.18. The Hall–Kier alpha value is -1.57. The smallest absolute Gasteiger partial charge is 0.303 e. The van der Waals surface area contributed by atoms with Gasteiger partial charge in [0.1, 0.15) is 0 Å². The number of carbonyl (C=O) groups is 1. The molecule has 0 fully saturated rings. The molecule has 0 unspecified atom stereocenters. The van der Waals surface area contributed by atoms with Crippen LogP contribution in [-0.2, 0) is 4.79 Å². The van der Waals surface area contributed by atoms with E-state index in [-0.39, 0.29) is 6.42 Å². The fraction of sp³-hybridized carbons (Fsp3) is 0.308. The summed E-state index contributed by atoms with van der Waals surface area (Å²) in [4.78, 5) is 10.3. The van der Waals surface area contributed by atoms with E-state index in [1.165, 1.54) is 16.7 Å². The maximum Gasteiger partial charge on any atom is 0.303 e. The minimum absolute atomic E-state index is 0.196. The third-order valence-corrected chi connectivity index (χ3v) is 2.26. The average molecular weight is 204 g/mol. The van der Waals surface area contributed by atoms with Gasteiger partial charge in [0.15, 0.2) is 0 Å². The van der Waals surface area contributed by atoms with Crippen LogP contribution in [0.4, 0.5) is 0 Å². The van der Waals surface area contributed by atoms with Crippen molar-refractivity contribution in [2.24, 2.45) is 0 Å². The van der Waals surface area contributed by atoms with Crippen LogP contribution in [0, 0.1) is 13.8 Å². The summed E-state index contributed by atoms with van der Waals surface area (Å²) >= 11 is 0. The highest BCUT2D eigenvalue weighted by atomic mass is 16.4. The number of benzene rings is 1. The highest BCUT2D eigenvalue weighted by Gasteiger charge is 1.95. The maximum absolute atomic E-state index is 10.3. The maximum atomic E-state index is 10.3. The molecule has 0 amide bonds. The van der Waals surface area contributed by atoms with Crippen molar-refractivity contribution < 1.29 is 9.90 Å². The normalized spacial score (nSPS) is 10.8. The number of carboxylic acids is 1. The molecule has 0 heterocycles.